The molecule has 0 aliphatic heterocycles. The standard InChI is InChI=1S/C8H13NOS/c1-4-6-7(5(2)3)9-8(10)11-6/h5H,4H2,1-3H3,(H,9,10). The fourth-order valence-corrected chi connectivity index (χ4v) is 2.03. The van der Waals surface area contributed by atoms with Gasteiger partial charge in [0.15, 0.2) is 0 Å². The smallest absolute Gasteiger partial charge is 0.304 e. The Morgan fingerprint density at radius 3 is 2.55 bits per heavy atom. The number of nitrogens with one attached hydrogen (secondary N) is 1. The predicted molar refractivity (Wildman–Crippen MR) is 48.4 cm³/mol. The molecule has 0 unspecified atom stereocenters. The number of aromatic amines is 1. The van der Waals surface area contributed by atoms with Crippen molar-refractivity contribution in [3.63, 3.8) is 0 Å². The van der Waals surface area contributed by atoms with Gasteiger partial charge in [0.2, 0.25) is 0 Å². The van der Waals surface area contributed by atoms with Crippen LogP contribution in [-0.4, -0.2) is 4.98 Å². The highest BCUT2D eigenvalue weighted by Gasteiger charge is 2.08. The first kappa shape index (κ1) is 8.53. The Morgan fingerprint density at radius 1 is 1.55 bits per heavy atom. The molecular weight excluding hydrogens is 158 g/mol. The van der Waals surface area contributed by atoms with Crippen molar-refractivity contribution in [1.29, 1.82) is 0 Å². The van der Waals surface area contributed by atoms with Crippen LogP contribution in [0.4, 0.5) is 0 Å². The largest absolute Gasteiger partial charge is 0.316 e. The minimum atomic E-state index is 0.0746. The van der Waals surface area contributed by atoms with E-state index in [2.05, 4.69) is 25.8 Å². The van der Waals surface area contributed by atoms with Crippen LogP contribution >= 0.6 is 11.3 Å². The highest BCUT2D eigenvalue weighted by Crippen LogP contribution is 2.18. The lowest BCUT2D eigenvalue weighted by molar-refractivity contribution is 0.812. The second-order valence-corrected chi connectivity index (χ2v) is 3.93. The first-order valence-electron chi connectivity index (χ1n) is 3.87. The van der Waals surface area contributed by atoms with Crippen LogP contribution in [0.3, 0.4) is 0 Å². The van der Waals surface area contributed by atoms with Gasteiger partial charge in [0.25, 0.3) is 0 Å². The van der Waals surface area contributed by atoms with E-state index in [1.807, 2.05) is 0 Å². The molecule has 0 amide bonds. The van der Waals surface area contributed by atoms with Crippen LogP contribution in [0.1, 0.15) is 37.3 Å². The van der Waals surface area contributed by atoms with Crippen molar-refractivity contribution >= 4 is 11.3 Å². The molecule has 0 fully saturated rings. The monoisotopic (exact) mass is 171 g/mol. The van der Waals surface area contributed by atoms with Crippen LogP contribution in [0.15, 0.2) is 4.79 Å². The van der Waals surface area contributed by atoms with E-state index >= 15 is 0 Å². The summed E-state index contributed by atoms with van der Waals surface area (Å²) in [5, 5.41) is 0. The van der Waals surface area contributed by atoms with Crippen LogP contribution in [-0.2, 0) is 6.42 Å². The molecule has 0 aliphatic carbocycles. The van der Waals surface area contributed by atoms with Crippen molar-refractivity contribution in [2.45, 2.75) is 33.1 Å². The van der Waals surface area contributed by atoms with E-state index in [1.54, 1.807) is 0 Å². The van der Waals surface area contributed by atoms with Crippen LogP contribution < -0.4 is 4.87 Å². The van der Waals surface area contributed by atoms with Gasteiger partial charge in [-0.1, -0.05) is 32.1 Å². The summed E-state index contributed by atoms with van der Waals surface area (Å²) in [6, 6.07) is 0. The van der Waals surface area contributed by atoms with E-state index in [0.29, 0.717) is 5.92 Å². The molecule has 0 spiro atoms. The fraction of sp³-hybridized carbons (Fsp3) is 0.625. The van der Waals surface area contributed by atoms with Crippen LogP contribution in [0.25, 0.3) is 0 Å². The number of hydrogen-bond acceptors (Lipinski definition) is 2. The Morgan fingerprint density at radius 2 is 2.18 bits per heavy atom. The second kappa shape index (κ2) is 3.22. The van der Waals surface area contributed by atoms with Crippen molar-refractivity contribution in [2.24, 2.45) is 0 Å². The van der Waals surface area contributed by atoms with Gasteiger partial charge in [-0.2, -0.15) is 0 Å². The molecule has 11 heavy (non-hydrogen) atoms. The van der Waals surface area contributed by atoms with Gasteiger partial charge in [-0.05, 0) is 12.3 Å². The summed E-state index contributed by atoms with van der Waals surface area (Å²) in [6.07, 6.45) is 0.955. The summed E-state index contributed by atoms with van der Waals surface area (Å²) >= 11 is 1.33. The topological polar surface area (TPSA) is 32.9 Å². The summed E-state index contributed by atoms with van der Waals surface area (Å²) in [5.74, 6) is 0.434. The van der Waals surface area contributed by atoms with Crippen molar-refractivity contribution in [3.8, 4) is 0 Å². The number of aromatic nitrogens is 1. The number of hydrogen-bond donors (Lipinski definition) is 1. The summed E-state index contributed by atoms with van der Waals surface area (Å²) in [5.41, 5.74) is 1.11. The van der Waals surface area contributed by atoms with Crippen molar-refractivity contribution in [1.82, 2.24) is 4.98 Å². The Bertz CT molecular complexity index is 285. The average Bonchev–Trinajstić information content (AvgIpc) is 2.30. The molecule has 1 aromatic rings. The molecule has 0 atom stereocenters. The Balaban J connectivity index is 3.12. The first-order chi connectivity index (χ1) is 5.15. The number of thiazole rings is 1. The van der Waals surface area contributed by atoms with E-state index in [9.17, 15) is 4.79 Å². The SMILES string of the molecule is CCc1sc(=O)[nH]c1C(C)C. The van der Waals surface area contributed by atoms with Gasteiger partial charge < -0.3 is 4.98 Å². The third-order valence-electron chi connectivity index (χ3n) is 1.65. The van der Waals surface area contributed by atoms with E-state index in [-0.39, 0.29) is 4.87 Å². The van der Waals surface area contributed by atoms with Crippen molar-refractivity contribution in [2.75, 3.05) is 0 Å². The number of H-pyrrole nitrogens is 1. The number of aryl methyl sites for hydroxylation is 1. The average molecular weight is 171 g/mol. The second-order valence-electron chi connectivity index (χ2n) is 2.86. The maximum atomic E-state index is 10.9. The minimum Gasteiger partial charge on any atom is -0.316 e. The summed E-state index contributed by atoms with van der Waals surface area (Å²) in [6.45, 7) is 6.26. The predicted octanol–water partition coefficient (Wildman–Crippen LogP) is 2.12. The van der Waals surface area contributed by atoms with Gasteiger partial charge in [0.05, 0.1) is 0 Å². The molecule has 2 nitrogen and oxygen atoms in total. The molecular formula is C8H13NOS. The quantitative estimate of drug-likeness (QED) is 0.726. The van der Waals surface area contributed by atoms with Crippen LogP contribution in [0.5, 0.6) is 0 Å². The third-order valence-corrected chi connectivity index (χ3v) is 2.69. The maximum Gasteiger partial charge on any atom is 0.304 e. The third kappa shape index (κ3) is 1.71. The van der Waals surface area contributed by atoms with Crippen LogP contribution in [0.2, 0.25) is 0 Å². The van der Waals surface area contributed by atoms with Crippen molar-refractivity contribution in [3.05, 3.63) is 20.2 Å². The van der Waals surface area contributed by atoms with E-state index in [0.717, 1.165) is 12.1 Å². The highest BCUT2D eigenvalue weighted by atomic mass is 32.1. The normalized spacial score (nSPS) is 10.9. The molecule has 0 aromatic carbocycles. The van der Waals surface area contributed by atoms with E-state index in [4.69, 9.17) is 0 Å². The molecule has 3 heteroatoms. The van der Waals surface area contributed by atoms with Gasteiger partial charge in [-0.3, -0.25) is 4.79 Å². The van der Waals surface area contributed by atoms with Crippen molar-refractivity contribution < 1.29 is 0 Å². The molecule has 1 rings (SSSR count). The minimum absolute atomic E-state index is 0.0746. The zero-order chi connectivity index (χ0) is 8.43. The summed E-state index contributed by atoms with van der Waals surface area (Å²) in [4.78, 5) is 15.1. The zero-order valence-corrected chi connectivity index (χ0v) is 7.92. The Kier molecular flexibility index (Phi) is 2.49. The number of rotatable bonds is 2. The van der Waals surface area contributed by atoms with Gasteiger partial charge >= 0.3 is 4.87 Å². The highest BCUT2D eigenvalue weighted by molar-refractivity contribution is 7.09. The molecule has 0 bridgehead atoms. The van der Waals surface area contributed by atoms with Gasteiger partial charge in [0.1, 0.15) is 0 Å². The lowest BCUT2D eigenvalue weighted by Crippen LogP contribution is -1.97. The molecule has 0 saturated heterocycles. The summed E-state index contributed by atoms with van der Waals surface area (Å²) in [7, 11) is 0. The van der Waals surface area contributed by atoms with Gasteiger partial charge in [-0.25, -0.2) is 0 Å². The maximum absolute atomic E-state index is 10.9. The van der Waals surface area contributed by atoms with E-state index < -0.39 is 0 Å². The van der Waals surface area contributed by atoms with Gasteiger partial charge in [-0.15, -0.1) is 0 Å². The fourth-order valence-electron chi connectivity index (χ4n) is 1.10. The molecule has 1 N–H and O–H groups in total. The lowest BCUT2D eigenvalue weighted by atomic mass is 10.1. The Hall–Kier alpha value is -0.570. The molecule has 0 radical (unpaired) electrons. The van der Waals surface area contributed by atoms with Gasteiger partial charge in [0, 0.05) is 10.6 Å². The molecule has 62 valence electrons. The summed E-state index contributed by atoms with van der Waals surface area (Å²) < 4.78 is 0. The zero-order valence-electron chi connectivity index (χ0n) is 7.10. The van der Waals surface area contributed by atoms with Crippen LogP contribution in [0, 0.1) is 0 Å². The van der Waals surface area contributed by atoms with E-state index in [1.165, 1.54) is 16.2 Å². The first-order valence-corrected chi connectivity index (χ1v) is 4.68. The molecule has 1 aromatic heterocycles. The Labute approximate surface area is 70.3 Å². The lowest BCUT2D eigenvalue weighted by Gasteiger charge is -2.02. The molecule has 0 aliphatic rings. The molecule has 0 saturated carbocycles. The molecule has 1 heterocycles.